The van der Waals surface area contributed by atoms with Gasteiger partial charge in [-0.2, -0.15) is 9.29 Å². The lowest BCUT2D eigenvalue weighted by molar-refractivity contribution is -0.130. The summed E-state index contributed by atoms with van der Waals surface area (Å²) < 4.78 is 58.1. The van der Waals surface area contributed by atoms with Crippen molar-refractivity contribution in [1.29, 1.82) is 0 Å². The number of hydrogen-bond acceptors (Lipinski definition) is 6. The van der Waals surface area contributed by atoms with Gasteiger partial charge in [-0.05, 0) is 24.6 Å². The summed E-state index contributed by atoms with van der Waals surface area (Å²) in [6, 6.07) is 2.15. The molecule has 1 aromatic carbocycles. The maximum absolute atomic E-state index is 13.4. The van der Waals surface area contributed by atoms with Gasteiger partial charge in [-0.1, -0.05) is 5.16 Å². The van der Waals surface area contributed by atoms with E-state index in [4.69, 9.17) is 4.52 Å². The standard InChI is InChI=1S/C17H20F2N4O4S/c1-11-20-17(21-27-11)6-8-23(12(2)24)13-5-7-22(10-13)28(25,26)14-3-4-15(18)16(19)9-14/h3-4,9,13H,5-8,10H2,1-2H3. The van der Waals surface area contributed by atoms with E-state index in [2.05, 4.69) is 10.1 Å². The number of nitrogens with zero attached hydrogens (tertiary/aromatic N) is 4. The molecule has 2 heterocycles. The van der Waals surface area contributed by atoms with Crippen molar-refractivity contribution >= 4 is 15.9 Å². The van der Waals surface area contributed by atoms with E-state index >= 15 is 0 Å². The van der Waals surface area contributed by atoms with E-state index in [-0.39, 0.29) is 29.9 Å². The highest BCUT2D eigenvalue weighted by Gasteiger charge is 2.36. The number of benzene rings is 1. The minimum absolute atomic E-state index is 0.0756. The molecule has 2 aromatic rings. The molecule has 8 nitrogen and oxygen atoms in total. The minimum atomic E-state index is -3.98. The number of halogens is 2. The molecule has 11 heteroatoms. The molecule has 1 aliphatic rings. The molecule has 152 valence electrons. The molecule has 1 aromatic heterocycles. The highest BCUT2D eigenvalue weighted by atomic mass is 32.2. The smallest absolute Gasteiger partial charge is 0.243 e. The van der Waals surface area contributed by atoms with Gasteiger partial charge in [-0.3, -0.25) is 4.79 Å². The van der Waals surface area contributed by atoms with Gasteiger partial charge in [0.1, 0.15) is 0 Å². The topological polar surface area (TPSA) is 96.6 Å². The molecule has 0 aliphatic carbocycles. The van der Waals surface area contributed by atoms with Gasteiger partial charge >= 0.3 is 0 Å². The van der Waals surface area contributed by atoms with Crippen molar-refractivity contribution in [3.8, 4) is 0 Å². The molecule has 0 N–H and O–H groups in total. The third kappa shape index (κ3) is 4.20. The Kier molecular flexibility index (Phi) is 5.75. The monoisotopic (exact) mass is 414 g/mol. The molecule has 28 heavy (non-hydrogen) atoms. The average molecular weight is 414 g/mol. The second-order valence-corrected chi connectivity index (χ2v) is 8.51. The van der Waals surface area contributed by atoms with Gasteiger partial charge in [0.05, 0.1) is 4.90 Å². The lowest BCUT2D eigenvalue weighted by Gasteiger charge is -2.27. The minimum Gasteiger partial charge on any atom is -0.340 e. The van der Waals surface area contributed by atoms with Crippen molar-refractivity contribution in [1.82, 2.24) is 19.3 Å². The molecule has 1 atom stereocenters. The van der Waals surface area contributed by atoms with Crippen LogP contribution in [0.2, 0.25) is 0 Å². The van der Waals surface area contributed by atoms with E-state index < -0.39 is 21.7 Å². The second kappa shape index (κ2) is 7.92. The Morgan fingerprint density at radius 2 is 2.11 bits per heavy atom. The molecule has 1 fully saturated rings. The first-order valence-electron chi connectivity index (χ1n) is 8.70. The summed E-state index contributed by atoms with van der Waals surface area (Å²) in [6.45, 7) is 3.65. The van der Waals surface area contributed by atoms with Crippen molar-refractivity contribution in [3.05, 3.63) is 41.5 Å². The Morgan fingerprint density at radius 1 is 1.36 bits per heavy atom. The number of carbonyl (C=O) groups excluding carboxylic acids is 1. The van der Waals surface area contributed by atoms with Crippen molar-refractivity contribution in [2.24, 2.45) is 0 Å². The first kappa shape index (κ1) is 20.3. The van der Waals surface area contributed by atoms with Crippen LogP contribution in [0, 0.1) is 18.6 Å². The molecule has 3 rings (SSSR count). The number of sulfonamides is 1. The molecule has 0 bridgehead atoms. The Hall–Kier alpha value is -2.40. The van der Waals surface area contributed by atoms with Gasteiger partial charge in [0.2, 0.25) is 21.8 Å². The molecular weight excluding hydrogens is 394 g/mol. The van der Waals surface area contributed by atoms with Crippen LogP contribution in [-0.2, 0) is 21.2 Å². The summed E-state index contributed by atoms with van der Waals surface area (Å²) in [4.78, 5) is 17.4. The Labute approximate surface area is 161 Å². The molecule has 0 radical (unpaired) electrons. The highest BCUT2D eigenvalue weighted by molar-refractivity contribution is 7.89. The van der Waals surface area contributed by atoms with E-state index in [9.17, 15) is 22.0 Å². The quantitative estimate of drug-likeness (QED) is 0.711. The summed E-state index contributed by atoms with van der Waals surface area (Å²) >= 11 is 0. The van der Waals surface area contributed by atoms with Gasteiger partial charge in [0.15, 0.2) is 17.5 Å². The number of hydrogen-bond donors (Lipinski definition) is 0. The first-order valence-corrected chi connectivity index (χ1v) is 10.1. The summed E-state index contributed by atoms with van der Waals surface area (Å²) in [5.41, 5.74) is 0. The van der Waals surface area contributed by atoms with Gasteiger partial charge in [0, 0.05) is 45.9 Å². The fourth-order valence-electron chi connectivity index (χ4n) is 3.23. The van der Waals surface area contributed by atoms with Crippen LogP contribution in [0.25, 0.3) is 0 Å². The van der Waals surface area contributed by atoms with E-state index in [1.807, 2.05) is 0 Å². The zero-order chi connectivity index (χ0) is 20.5. The Balaban J connectivity index is 1.70. The van der Waals surface area contributed by atoms with Crippen LogP contribution < -0.4 is 0 Å². The van der Waals surface area contributed by atoms with Crippen LogP contribution in [-0.4, -0.2) is 59.3 Å². The second-order valence-electron chi connectivity index (χ2n) is 6.57. The molecule has 1 saturated heterocycles. The predicted molar refractivity (Wildman–Crippen MR) is 93.6 cm³/mol. The van der Waals surface area contributed by atoms with Crippen molar-refractivity contribution in [2.75, 3.05) is 19.6 Å². The van der Waals surface area contributed by atoms with Crippen LogP contribution in [0.5, 0.6) is 0 Å². The van der Waals surface area contributed by atoms with E-state index in [1.165, 1.54) is 11.2 Å². The third-order valence-electron chi connectivity index (χ3n) is 4.65. The lowest BCUT2D eigenvalue weighted by atomic mass is 10.2. The molecule has 0 spiro atoms. The summed E-state index contributed by atoms with van der Waals surface area (Å²) in [6.07, 6.45) is 0.817. The maximum Gasteiger partial charge on any atom is 0.243 e. The van der Waals surface area contributed by atoms with E-state index in [0.29, 0.717) is 37.2 Å². The van der Waals surface area contributed by atoms with E-state index in [0.717, 1.165) is 12.1 Å². The van der Waals surface area contributed by atoms with Crippen LogP contribution >= 0.6 is 0 Å². The van der Waals surface area contributed by atoms with Crippen LogP contribution in [0.4, 0.5) is 8.78 Å². The molecular formula is C17H20F2N4O4S. The molecule has 1 amide bonds. The Morgan fingerprint density at radius 3 is 2.71 bits per heavy atom. The van der Waals surface area contributed by atoms with Crippen molar-refractivity contribution in [3.63, 3.8) is 0 Å². The summed E-state index contributed by atoms with van der Waals surface area (Å²) in [5.74, 6) is -1.64. The fourth-order valence-corrected chi connectivity index (χ4v) is 4.73. The summed E-state index contributed by atoms with van der Waals surface area (Å²) in [7, 11) is -3.98. The number of aryl methyl sites for hydroxylation is 1. The van der Waals surface area contributed by atoms with Crippen LogP contribution in [0.3, 0.4) is 0 Å². The fraction of sp³-hybridized carbons (Fsp3) is 0.471. The first-order chi connectivity index (χ1) is 13.2. The molecule has 0 saturated carbocycles. The third-order valence-corrected chi connectivity index (χ3v) is 6.51. The largest absolute Gasteiger partial charge is 0.340 e. The Bertz CT molecular complexity index is 979. The number of carbonyl (C=O) groups is 1. The molecule has 1 unspecified atom stereocenters. The normalized spacial score (nSPS) is 17.8. The molecule has 1 aliphatic heterocycles. The number of aromatic nitrogens is 2. The van der Waals surface area contributed by atoms with E-state index in [1.54, 1.807) is 11.8 Å². The van der Waals surface area contributed by atoms with Gasteiger partial charge < -0.3 is 9.42 Å². The van der Waals surface area contributed by atoms with Gasteiger partial charge in [-0.25, -0.2) is 17.2 Å². The lowest BCUT2D eigenvalue weighted by Crippen LogP contribution is -2.42. The van der Waals surface area contributed by atoms with Crippen LogP contribution in [0.15, 0.2) is 27.6 Å². The van der Waals surface area contributed by atoms with Gasteiger partial charge in [0.25, 0.3) is 0 Å². The SMILES string of the molecule is CC(=O)N(CCc1noc(C)n1)C1CCN(S(=O)(=O)c2ccc(F)c(F)c2)C1. The van der Waals surface area contributed by atoms with Crippen molar-refractivity contribution < 1.29 is 26.5 Å². The zero-order valence-electron chi connectivity index (χ0n) is 15.4. The zero-order valence-corrected chi connectivity index (χ0v) is 16.2. The highest BCUT2D eigenvalue weighted by Crippen LogP contribution is 2.25. The van der Waals surface area contributed by atoms with Gasteiger partial charge in [-0.15, -0.1) is 0 Å². The van der Waals surface area contributed by atoms with Crippen molar-refractivity contribution in [2.45, 2.75) is 37.6 Å². The van der Waals surface area contributed by atoms with Crippen LogP contribution in [0.1, 0.15) is 25.1 Å². The number of rotatable bonds is 6. The summed E-state index contributed by atoms with van der Waals surface area (Å²) in [5, 5.41) is 3.79. The maximum atomic E-state index is 13.4. The average Bonchev–Trinajstić information content (AvgIpc) is 3.27. The number of amides is 1. The predicted octanol–water partition coefficient (Wildman–Crippen LogP) is 1.51.